The summed E-state index contributed by atoms with van der Waals surface area (Å²) in [6.45, 7) is 0. The van der Waals surface area contributed by atoms with Gasteiger partial charge in [-0.2, -0.15) is 10.5 Å². The van der Waals surface area contributed by atoms with E-state index < -0.39 is 0 Å². The Bertz CT molecular complexity index is 399. The summed E-state index contributed by atoms with van der Waals surface area (Å²) in [6.07, 6.45) is 1.57. The van der Waals surface area contributed by atoms with Crippen LogP contribution in [-0.4, -0.2) is 0 Å². The van der Waals surface area contributed by atoms with Crippen LogP contribution < -0.4 is 0 Å². The lowest BCUT2D eigenvalue weighted by Gasteiger charge is -2.06. The molecular formula is C11H10N2S. The second kappa shape index (κ2) is 5.32. The molecule has 0 amide bonds. The number of benzene rings is 1. The molecule has 2 nitrogen and oxygen atoms in total. The van der Waals surface area contributed by atoms with Gasteiger partial charge in [-0.1, -0.05) is 18.2 Å². The third-order valence-corrected chi connectivity index (χ3v) is 2.55. The van der Waals surface area contributed by atoms with Gasteiger partial charge in [0.15, 0.2) is 0 Å². The summed E-state index contributed by atoms with van der Waals surface area (Å²) >= 11 is 4.36. The van der Waals surface area contributed by atoms with E-state index in [9.17, 15) is 0 Å². The molecule has 1 aromatic carbocycles. The monoisotopic (exact) mass is 202 g/mol. The SMILES string of the molecule is N#CCCc1cccc(CC#N)c1S. The average molecular weight is 202 g/mol. The second-order valence-electron chi connectivity index (χ2n) is 2.92. The Morgan fingerprint density at radius 1 is 1.14 bits per heavy atom. The molecule has 0 aliphatic heterocycles. The molecule has 0 fully saturated rings. The molecule has 0 aliphatic rings. The summed E-state index contributed by atoms with van der Waals surface area (Å²) in [5.74, 6) is 0. The van der Waals surface area contributed by atoms with E-state index in [2.05, 4.69) is 24.8 Å². The molecule has 0 aromatic heterocycles. The number of thiol groups is 1. The minimum Gasteiger partial charge on any atom is -0.198 e. The highest BCUT2D eigenvalue weighted by Gasteiger charge is 2.03. The molecule has 0 unspecified atom stereocenters. The zero-order valence-electron chi connectivity index (χ0n) is 7.70. The Morgan fingerprint density at radius 3 is 2.50 bits per heavy atom. The van der Waals surface area contributed by atoms with Gasteiger partial charge in [-0.25, -0.2) is 0 Å². The molecule has 0 radical (unpaired) electrons. The highest BCUT2D eigenvalue weighted by Crippen LogP contribution is 2.20. The van der Waals surface area contributed by atoms with Crippen molar-refractivity contribution in [3.05, 3.63) is 29.3 Å². The first-order valence-electron chi connectivity index (χ1n) is 4.33. The predicted octanol–water partition coefficient (Wildman–Crippen LogP) is 2.50. The predicted molar refractivity (Wildman–Crippen MR) is 56.9 cm³/mol. The largest absolute Gasteiger partial charge is 0.198 e. The third-order valence-electron chi connectivity index (χ3n) is 1.98. The normalized spacial score (nSPS) is 9.07. The maximum absolute atomic E-state index is 8.57. The van der Waals surface area contributed by atoms with Gasteiger partial charge < -0.3 is 0 Å². The number of nitrogens with zero attached hydrogens (tertiary/aromatic N) is 2. The number of aryl methyl sites for hydroxylation is 1. The van der Waals surface area contributed by atoms with E-state index >= 15 is 0 Å². The maximum atomic E-state index is 8.57. The first kappa shape index (κ1) is 10.6. The average Bonchev–Trinajstić information content (AvgIpc) is 2.20. The van der Waals surface area contributed by atoms with Crippen LogP contribution in [0.4, 0.5) is 0 Å². The molecule has 14 heavy (non-hydrogen) atoms. The Hall–Kier alpha value is -1.45. The fourth-order valence-electron chi connectivity index (χ4n) is 1.26. The van der Waals surface area contributed by atoms with Crippen molar-refractivity contribution >= 4 is 12.6 Å². The molecule has 0 heterocycles. The van der Waals surface area contributed by atoms with E-state index in [-0.39, 0.29) is 0 Å². The van der Waals surface area contributed by atoms with Crippen molar-refractivity contribution in [2.45, 2.75) is 24.2 Å². The van der Waals surface area contributed by atoms with Crippen molar-refractivity contribution in [1.82, 2.24) is 0 Å². The summed E-state index contributed by atoms with van der Waals surface area (Å²) < 4.78 is 0. The number of hydrogen-bond donors (Lipinski definition) is 1. The van der Waals surface area contributed by atoms with E-state index in [4.69, 9.17) is 10.5 Å². The molecule has 70 valence electrons. The number of nitriles is 2. The van der Waals surface area contributed by atoms with Gasteiger partial charge >= 0.3 is 0 Å². The van der Waals surface area contributed by atoms with Crippen LogP contribution in [-0.2, 0) is 12.8 Å². The summed E-state index contributed by atoms with van der Waals surface area (Å²) in [4.78, 5) is 0.851. The first-order valence-corrected chi connectivity index (χ1v) is 4.78. The lowest BCUT2D eigenvalue weighted by Crippen LogP contribution is -1.91. The summed E-state index contributed by atoms with van der Waals surface area (Å²) in [5, 5.41) is 17.0. The van der Waals surface area contributed by atoms with Gasteiger partial charge in [0.05, 0.1) is 18.6 Å². The molecular weight excluding hydrogens is 192 g/mol. The van der Waals surface area contributed by atoms with Gasteiger partial charge in [0.2, 0.25) is 0 Å². The van der Waals surface area contributed by atoms with Crippen molar-refractivity contribution in [2.75, 3.05) is 0 Å². The van der Waals surface area contributed by atoms with Crippen molar-refractivity contribution in [1.29, 1.82) is 10.5 Å². The topological polar surface area (TPSA) is 47.6 Å². The van der Waals surface area contributed by atoms with E-state index in [0.717, 1.165) is 16.0 Å². The van der Waals surface area contributed by atoms with E-state index in [1.165, 1.54) is 0 Å². The zero-order valence-corrected chi connectivity index (χ0v) is 8.59. The summed E-state index contributed by atoms with van der Waals surface area (Å²) in [6, 6.07) is 9.93. The van der Waals surface area contributed by atoms with Crippen LogP contribution in [0.5, 0.6) is 0 Å². The van der Waals surface area contributed by atoms with Gasteiger partial charge in [0.1, 0.15) is 0 Å². The van der Waals surface area contributed by atoms with Crippen LogP contribution in [0.15, 0.2) is 23.1 Å². The van der Waals surface area contributed by atoms with E-state index in [1.54, 1.807) is 0 Å². The lowest BCUT2D eigenvalue weighted by atomic mass is 10.0. The molecule has 0 saturated heterocycles. The standard InChI is InChI=1S/C11H10N2S/c12-7-2-5-9-3-1-4-10(6-8-13)11(9)14/h1,3-4,14H,2,5-6H2. The highest BCUT2D eigenvalue weighted by molar-refractivity contribution is 7.80. The van der Waals surface area contributed by atoms with Crippen LogP contribution in [0.1, 0.15) is 17.5 Å². The van der Waals surface area contributed by atoms with Gasteiger partial charge in [-0.05, 0) is 17.5 Å². The molecule has 3 heteroatoms. The van der Waals surface area contributed by atoms with Crippen molar-refractivity contribution < 1.29 is 0 Å². The second-order valence-corrected chi connectivity index (χ2v) is 3.37. The van der Waals surface area contributed by atoms with Gasteiger partial charge in [-0.3, -0.25) is 0 Å². The van der Waals surface area contributed by atoms with Crippen LogP contribution in [0.25, 0.3) is 0 Å². The Kier molecular flexibility index (Phi) is 4.04. The zero-order chi connectivity index (χ0) is 10.4. The van der Waals surface area contributed by atoms with Crippen LogP contribution in [0.3, 0.4) is 0 Å². The molecule has 0 aliphatic carbocycles. The minimum absolute atomic E-state index is 0.374. The van der Waals surface area contributed by atoms with Crippen molar-refractivity contribution in [3.63, 3.8) is 0 Å². The van der Waals surface area contributed by atoms with Crippen molar-refractivity contribution in [2.24, 2.45) is 0 Å². The van der Waals surface area contributed by atoms with Crippen molar-refractivity contribution in [3.8, 4) is 12.1 Å². The van der Waals surface area contributed by atoms with E-state index in [0.29, 0.717) is 19.3 Å². The Morgan fingerprint density at radius 2 is 1.86 bits per heavy atom. The number of hydrogen-bond acceptors (Lipinski definition) is 3. The third kappa shape index (κ3) is 2.52. The van der Waals surface area contributed by atoms with Gasteiger partial charge in [-0.15, -0.1) is 12.6 Å². The fourth-order valence-corrected chi connectivity index (χ4v) is 1.60. The lowest BCUT2D eigenvalue weighted by molar-refractivity contribution is 0.965. The molecule has 0 saturated carbocycles. The molecule has 0 bridgehead atoms. The number of rotatable bonds is 3. The Labute approximate surface area is 89.2 Å². The molecule has 1 rings (SSSR count). The van der Waals surface area contributed by atoms with Gasteiger partial charge in [0, 0.05) is 11.3 Å². The molecule has 1 aromatic rings. The molecule has 0 N–H and O–H groups in total. The van der Waals surface area contributed by atoms with Crippen LogP contribution in [0.2, 0.25) is 0 Å². The maximum Gasteiger partial charge on any atom is 0.0670 e. The van der Waals surface area contributed by atoms with Crippen LogP contribution >= 0.6 is 12.6 Å². The smallest absolute Gasteiger partial charge is 0.0670 e. The van der Waals surface area contributed by atoms with Gasteiger partial charge in [0.25, 0.3) is 0 Å². The van der Waals surface area contributed by atoms with E-state index in [1.807, 2.05) is 18.2 Å². The summed E-state index contributed by atoms with van der Waals surface area (Å²) in [5.41, 5.74) is 1.98. The highest BCUT2D eigenvalue weighted by atomic mass is 32.1. The van der Waals surface area contributed by atoms with Crippen LogP contribution in [0, 0.1) is 22.7 Å². The Balaban J connectivity index is 2.91. The molecule has 0 atom stereocenters. The summed E-state index contributed by atoms with van der Waals surface area (Å²) in [7, 11) is 0. The quantitative estimate of drug-likeness (QED) is 0.765. The molecule has 0 spiro atoms. The first-order chi connectivity index (χ1) is 6.79. The minimum atomic E-state index is 0.374. The fraction of sp³-hybridized carbons (Fsp3) is 0.273.